The van der Waals surface area contributed by atoms with Gasteiger partial charge < -0.3 is 39.9 Å². The number of anilines is 4. The Hall–Kier alpha value is -6.06. The number of hydrogen-bond donors (Lipinski definition) is 3. The average Bonchev–Trinajstić information content (AvgIpc) is 4.05. The molecule has 2 saturated heterocycles. The molecule has 56 heavy (non-hydrogen) atoms. The molecule has 2 aliphatic heterocycles. The lowest BCUT2D eigenvalue weighted by Crippen LogP contribution is -2.25. The quantitative estimate of drug-likeness (QED) is 0.163. The van der Waals surface area contributed by atoms with Gasteiger partial charge in [0.2, 0.25) is 11.9 Å². The Morgan fingerprint density at radius 2 is 1.16 bits per heavy atom. The van der Waals surface area contributed by atoms with Crippen LogP contribution in [-0.4, -0.2) is 83.3 Å². The third-order valence-corrected chi connectivity index (χ3v) is 10.2. The van der Waals surface area contributed by atoms with Crippen LogP contribution in [0.4, 0.5) is 32.3 Å². The molecule has 3 N–H and O–H groups in total. The Bertz CT molecular complexity index is 2020. The molecular weight excluding hydrogens is 726 g/mol. The number of fused-ring (bicyclic) bond motifs is 2. The van der Waals surface area contributed by atoms with Gasteiger partial charge in [0, 0.05) is 51.7 Å². The van der Waals surface area contributed by atoms with Crippen LogP contribution >= 0.6 is 0 Å². The molecule has 4 atom stereocenters. The number of piperidine rings is 2. The van der Waals surface area contributed by atoms with Gasteiger partial charge in [-0.3, -0.25) is 0 Å². The van der Waals surface area contributed by atoms with Gasteiger partial charge in [-0.05, 0) is 91.7 Å². The summed E-state index contributed by atoms with van der Waals surface area (Å²) in [5.74, 6) is 2.73. The molecule has 0 radical (unpaired) electrons. The van der Waals surface area contributed by atoms with Crippen molar-refractivity contribution in [3.05, 3.63) is 93.8 Å². The van der Waals surface area contributed by atoms with Crippen molar-refractivity contribution in [3.8, 4) is 0 Å². The largest absolute Gasteiger partial charge is 0.477 e. The SMILES string of the molecule is C=O.C=O.CCOC(=O)c1cnc(N2CC3CC3C2)nc1NCc1ccc(C)c(F)c1.Cc1ccc(CNc2nc(N3CC4CC4C3)ncc2C(=O)O)cc1F. The molecule has 16 heteroatoms. The standard InChI is InChI=1S/C20H23FN4O2.C18H19FN4O2.2CH2O/c1-3-27-19(26)16-9-23-20(25-10-14-7-15(14)11-25)24-18(16)22-8-13-5-4-12(2)17(21)6-13;1-10-2-3-11(4-15(10)19)6-20-16-14(17(24)25)7-21-18(22-16)23-8-12-5-13(12)9-23;2*1-2/h4-6,9,14-15H,3,7-8,10-11H2,1-2H3,(H,22,23,24);2-4,7,12-13H,5-6,8-9H2,1H3,(H,24,25)(H,20,21,22);2*1H2. The molecule has 0 bridgehead atoms. The van der Waals surface area contributed by atoms with Gasteiger partial charge in [-0.25, -0.2) is 28.3 Å². The van der Waals surface area contributed by atoms with Crippen molar-refractivity contribution in [1.82, 2.24) is 19.9 Å². The van der Waals surface area contributed by atoms with Gasteiger partial charge in [-0.2, -0.15) is 9.97 Å². The van der Waals surface area contributed by atoms with E-state index < -0.39 is 11.9 Å². The minimum absolute atomic E-state index is 0.0145. The van der Waals surface area contributed by atoms with Crippen molar-refractivity contribution in [1.29, 1.82) is 0 Å². The number of nitrogens with zero attached hydrogens (tertiary/aromatic N) is 6. The van der Waals surface area contributed by atoms with Crippen LogP contribution in [0.15, 0.2) is 48.8 Å². The Balaban J connectivity index is 0.000000197. The zero-order valence-electron chi connectivity index (χ0n) is 31.6. The van der Waals surface area contributed by atoms with Gasteiger partial charge in [0.15, 0.2) is 0 Å². The molecule has 0 spiro atoms. The fraction of sp³-hybridized carbons (Fsp3) is 0.400. The second kappa shape index (κ2) is 18.5. The van der Waals surface area contributed by atoms with E-state index in [0.717, 1.165) is 61.0 Å². The number of aryl methyl sites for hydroxylation is 2. The lowest BCUT2D eigenvalue weighted by Gasteiger charge is -2.19. The molecule has 0 amide bonds. The van der Waals surface area contributed by atoms with Crippen molar-refractivity contribution < 1.29 is 37.8 Å². The van der Waals surface area contributed by atoms with Gasteiger partial charge >= 0.3 is 11.9 Å². The van der Waals surface area contributed by atoms with Crippen LogP contribution in [0.1, 0.15) is 62.7 Å². The lowest BCUT2D eigenvalue weighted by molar-refractivity contribution is -0.0987. The van der Waals surface area contributed by atoms with Gasteiger partial charge in [0.25, 0.3) is 0 Å². The molecule has 2 aromatic carbocycles. The zero-order valence-corrected chi connectivity index (χ0v) is 31.6. The third kappa shape index (κ3) is 9.97. The molecule has 2 aromatic heterocycles. The van der Waals surface area contributed by atoms with E-state index in [1.807, 2.05) is 25.7 Å². The molecule has 2 aliphatic carbocycles. The fourth-order valence-electron chi connectivity index (χ4n) is 6.82. The molecule has 4 heterocycles. The first-order valence-electron chi connectivity index (χ1n) is 18.3. The van der Waals surface area contributed by atoms with E-state index in [2.05, 4.69) is 40.4 Å². The first kappa shape index (κ1) is 41.1. The molecule has 4 fully saturated rings. The second-order valence-electron chi connectivity index (χ2n) is 14.1. The topological polar surface area (TPSA) is 180 Å². The Morgan fingerprint density at radius 1 is 0.750 bits per heavy atom. The maximum atomic E-state index is 13.8. The van der Waals surface area contributed by atoms with Crippen LogP contribution in [0.5, 0.6) is 0 Å². The monoisotopic (exact) mass is 772 g/mol. The molecule has 4 unspecified atom stereocenters. The summed E-state index contributed by atoms with van der Waals surface area (Å²) in [6.07, 6.45) is 5.42. The van der Waals surface area contributed by atoms with Crippen molar-refractivity contribution >= 4 is 49.0 Å². The highest BCUT2D eigenvalue weighted by Gasteiger charge is 2.46. The molecule has 2 saturated carbocycles. The van der Waals surface area contributed by atoms with E-state index in [9.17, 15) is 23.5 Å². The summed E-state index contributed by atoms with van der Waals surface area (Å²) in [6.45, 7) is 13.9. The van der Waals surface area contributed by atoms with Gasteiger partial charge in [-0.1, -0.05) is 24.3 Å². The number of halogens is 2. The zero-order chi connectivity index (χ0) is 40.5. The van der Waals surface area contributed by atoms with Crippen LogP contribution < -0.4 is 20.4 Å². The number of aromatic nitrogens is 4. The van der Waals surface area contributed by atoms with E-state index in [0.29, 0.717) is 41.9 Å². The van der Waals surface area contributed by atoms with E-state index in [1.165, 1.54) is 37.4 Å². The summed E-state index contributed by atoms with van der Waals surface area (Å²) in [6, 6.07) is 10.0. The summed E-state index contributed by atoms with van der Waals surface area (Å²) < 4.78 is 32.6. The normalized spacial score (nSPS) is 19.4. The number of nitrogens with one attached hydrogen (secondary N) is 2. The molecule has 8 rings (SSSR count). The average molecular weight is 773 g/mol. The molecular formula is C40H46F2N8O6. The van der Waals surface area contributed by atoms with Crippen molar-refractivity contribution in [2.24, 2.45) is 23.7 Å². The molecule has 4 aliphatic rings. The van der Waals surface area contributed by atoms with Crippen LogP contribution in [0.25, 0.3) is 0 Å². The third-order valence-electron chi connectivity index (χ3n) is 10.2. The number of hydrogen-bond acceptors (Lipinski definition) is 13. The first-order chi connectivity index (χ1) is 27.1. The number of esters is 1. The van der Waals surface area contributed by atoms with Gasteiger partial charge in [0.1, 0.15) is 48.0 Å². The first-order valence-corrected chi connectivity index (χ1v) is 18.3. The van der Waals surface area contributed by atoms with Crippen molar-refractivity contribution in [3.63, 3.8) is 0 Å². The van der Waals surface area contributed by atoms with Crippen LogP contribution in [-0.2, 0) is 27.4 Å². The minimum atomic E-state index is -1.09. The molecule has 14 nitrogen and oxygen atoms in total. The summed E-state index contributed by atoms with van der Waals surface area (Å²) >= 11 is 0. The Labute approximate surface area is 323 Å². The molecule has 296 valence electrons. The highest BCUT2D eigenvalue weighted by atomic mass is 19.1. The maximum absolute atomic E-state index is 13.8. The van der Waals surface area contributed by atoms with Crippen molar-refractivity contribution in [2.45, 2.75) is 46.7 Å². The number of ether oxygens (including phenoxy) is 1. The van der Waals surface area contributed by atoms with Crippen LogP contribution in [0.3, 0.4) is 0 Å². The fourth-order valence-corrected chi connectivity index (χ4v) is 6.82. The number of rotatable bonds is 11. The highest BCUT2D eigenvalue weighted by molar-refractivity contribution is 5.94. The summed E-state index contributed by atoms with van der Waals surface area (Å²) in [5.41, 5.74) is 2.98. The van der Waals surface area contributed by atoms with E-state index in [1.54, 1.807) is 32.9 Å². The van der Waals surface area contributed by atoms with E-state index in [4.69, 9.17) is 14.3 Å². The number of aromatic carboxylic acids is 1. The number of carboxylic acids is 1. The lowest BCUT2D eigenvalue weighted by atomic mass is 10.1. The summed E-state index contributed by atoms with van der Waals surface area (Å²) in [4.78, 5) is 61.5. The number of benzene rings is 2. The maximum Gasteiger partial charge on any atom is 0.343 e. The van der Waals surface area contributed by atoms with Crippen LogP contribution in [0.2, 0.25) is 0 Å². The number of carboxylic acid groups (broad SMARTS) is 1. The second-order valence-corrected chi connectivity index (χ2v) is 14.1. The smallest absolute Gasteiger partial charge is 0.343 e. The highest BCUT2D eigenvalue weighted by Crippen LogP contribution is 2.46. The predicted octanol–water partition coefficient (Wildman–Crippen LogP) is 5.49. The number of carbonyl (C=O) groups excluding carboxylic acids is 3. The summed E-state index contributed by atoms with van der Waals surface area (Å²) in [7, 11) is 0. The Morgan fingerprint density at radius 3 is 1.55 bits per heavy atom. The predicted molar refractivity (Wildman–Crippen MR) is 206 cm³/mol. The summed E-state index contributed by atoms with van der Waals surface area (Å²) in [5, 5.41) is 15.5. The minimum Gasteiger partial charge on any atom is -0.477 e. The molecule has 4 aromatic rings. The van der Waals surface area contributed by atoms with Crippen molar-refractivity contribution in [2.75, 3.05) is 53.2 Å². The van der Waals surface area contributed by atoms with Crippen LogP contribution in [0, 0.1) is 49.2 Å². The Kier molecular flexibility index (Phi) is 13.6. The van der Waals surface area contributed by atoms with Gasteiger partial charge in [0.05, 0.1) is 6.61 Å². The van der Waals surface area contributed by atoms with E-state index in [-0.39, 0.29) is 35.2 Å². The number of carbonyl (C=O) groups is 4. The van der Waals surface area contributed by atoms with Gasteiger partial charge in [-0.15, -0.1) is 0 Å². The van der Waals surface area contributed by atoms with E-state index >= 15 is 0 Å².